The minimum Gasteiger partial charge on any atom is -0.420 e. The van der Waals surface area contributed by atoms with Crippen molar-refractivity contribution in [1.82, 2.24) is 0 Å². The van der Waals surface area contributed by atoms with Crippen LogP contribution in [0.2, 0.25) is 0 Å². The van der Waals surface area contributed by atoms with Crippen LogP contribution in [-0.4, -0.2) is 14.4 Å². The predicted octanol–water partition coefficient (Wildman–Crippen LogP) is 6.60. The van der Waals surface area contributed by atoms with E-state index < -0.39 is 6.16 Å². The zero-order chi connectivity index (χ0) is 15.8. The van der Waals surface area contributed by atoms with Crippen molar-refractivity contribution >= 4 is 51.3 Å². The molecule has 2 saturated carbocycles. The fourth-order valence-corrected chi connectivity index (χ4v) is 5.56. The van der Waals surface area contributed by atoms with E-state index in [2.05, 4.69) is 45.2 Å². The third kappa shape index (κ3) is 7.53. The third-order valence-electron chi connectivity index (χ3n) is 4.93. The Morgan fingerprint density at radius 3 is 1.50 bits per heavy atom. The number of rotatable bonds is 6. The third-order valence-corrected chi connectivity index (χ3v) is 6.46. The molecule has 2 rings (SSSR count). The van der Waals surface area contributed by atoms with Crippen molar-refractivity contribution in [3.8, 4) is 0 Å². The summed E-state index contributed by atoms with van der Waals surface area (Å²) in [5.41, 5.74) is 0. The molecule has 0 bridgehead atoms. The topological polar surface area (TPSA) is 35.5 Å². The van der Waals surface area contributed by atoms with Crippen LogP contribution in [0.3, 0.4) is 0 Å². The van der Waals surface area contributed by atoms with Crippen LogP contribution in [0.5, 0.6) is 0 Å². The fraction of sp³-hybridized carbons (Fsp3) is 0.941. The minimum absolute atomic E-state index is 0.0496. The SMILES string of the molecule is O=C(OC(I)CC1CCCCC1)OC(I)CC1CCCCC1. The second kappa shape index (κ2) is 10.6. The van der Waals surface area contributed by atoms with Crippen LogP contribution in [0.1, 0.15) is 77.0 Å². The molecule has 0 amide bonds. The van der Waals surface area contributed by atoms with Crippen LogP contribution >= 0.6 is 45.2 Å². The Morgan fingerprint density at radius 2 is 1.14 bits per heavy atom. The number of carbonyl (C=O) groups is 1. The molecule has 128 valence electrons. The molecule has 0 saturated heterocycles. The van der Waals surface area contributed by atoms with Crippen molar-refractivity contribution in [3.05, 3.63) is 0 Å². The zero-order valence-corrected chi connectivity index (χ0v) is 17.6. The van der Waals surface area contributed by atoms with E-state index in [1.165, 1.54) is 64.2 Å². The molecular weight excluding hydrogens is 506 g/mol. The predicted molar refractivity (Wildman–Crippen MR) is 106 cm³/mol. The monoisotopic (exact) mass is 534 g/mol. The Morgan fingerprint density at radius 1 is 0.773 bits per heavy atom. The van der Waals surface area contributed by atoms with Gasteiger partial charge in [-0.3, -0.25) is 0 Å². The van der Waals surface area contributed by atoms with E-state index in [4.69, 9.17) is 9.47 Å². The number of alkyl halides is 2. The molecule has 0 N–H and O–H groups in total. The van der Waals surface area contributed by atoms with Crippen LogP contribution in [0.4, 0.5) is 4.79 Å². The van der Waals surface area contributed by atoms with Gasteiger partial charge >= 0.3 is 6.16 Å². The molecule has 0 aliphatic heterocycles. The van der Waals surface area contributed by atoms with Gasteiger partial charge in [-0.05, 0) is 69.9 Å². The maximum Gasteiger partial charge on any atom is 0.510 e. The molecular formula is C17H28I2O3. The van der Waals surface area contributed by atoms with E-state index in [9.17, 15) is 4.79 Å². The second-order valence-corrected chi connectivity index (χ2v) is 9.56. The first-order chi connectivity index (χ1) is 10.6. The van der Waals surface area contributed by atoms with Gasteiger partial charge in [0.15, 0.2) is 8.22 Å². The van der Waals surface area contributed by atoms with Gasteiger partial charge < -0.3 is 9.47 Å². The number of ether oxygens (including phenoxy) is 2. The summed E-state index contributed by atoms with van der Waals surface area (Å²) >= 11 is 4.47. The lowest BCUT2D eigenvalue weighted by atomic mass is 9.87. The fourth-order valence-electron chi connectivity index (χ4n) is 3.70. The van der Waals surface area contributed by atoms with Gasteiger partial charge in [-0.25, -0.2) is 4.79 Å². The number of hydrogen-bond acceptors (Lipinski definition) is 3. The standard InChI is InChI=1S/C17H28I2O3/c18-15(11-13-7-3-1-4-8-13)21-17(20)22-16(19)12-14-9-5-2-6-10-14/h13-16H,1-12H2. The quantitative estimate of drug-likeness (QED) is 0.219. The summed E-state index contributed by atoms with van der Waals surface area (Å²) in [4.78, 5) is 11.9. The summed E-state index contributed by atoms with van der Waals surface area (Å²) in [7, 11) is 0. The normalized spacial score (nSPS) is 23.7. The molecule has 2 aliphatic rings. The van der Waals surface area contributed by atoms with E-state index in [1.54, 1.807) is 0 Å². The Labute approximate surface area is 161 Å². The van der Waals surface area contributed by atoms with Gasteiger partial charge in [-0.2, -0.15) is 0 Å². The first-order valence-electron chi connectivity index (χ1n) is 8.79. The molecule has 22 heavy (non-hydrogen) atoms. The van der Waals surface area contributed by atoms with Crippen LogP contribution in [-0.2, 0) is 9.47 Å². The van der Waals surface area contributed by atoms with Crippen LogP contribution in [0.25, 0.3) is 0 Å². The average Bonchev–Trinajstić information content (AvgIpc) is 2.48. The van der Waals surface area contributed by atoms with E-state index in [-0.39, 0.29) is 8.22 Å². The number of hydrogen-bond donors (Lipinski definition) is 0. The molecule has 5 heteroatoms. The Bertz CT molecular complexity index is 296. The lowest BCUT2D eigenvalue weighted by Crippen LogP contribution is -2.22. The van der Waals surface area contributed by atoms with Crippen LogP contribution < -0.4 is 0 Å². The molecule has 2 aliphatic carbocycles. The first kappa shape index (κ1) is 19.1. The van der Waals surface area contributed by atoms with Gasteiger partial charge in [0, 0.05) is 0 Å². The largest absolute Gasteiger partial charge is 0.510 e. The highest BCUT2D eigenvalue weighted by Crippen LogP contribution is 2.31. The van der Waals surface area contributed by atoms with Gasteiger partial charge in [0.25, 0.3) is 0 Å². The van der Waals surface area contributed by atoms with Gasteiger partial charge in [-0.15, -0.1) is 0 Å². The summed E-state index contributed by atoms with van der Waals surface area (Å²) < 4.78 is 10.8. The van der Waals surface area contributed by atoms with E-state index in [0.717, 1.165) is 24.7 Å². The molecule has 0 spiro atoms. The Kier molecular flexibility index (Phi) is 9.15. The van der Waals surface area contributed by atoms with Crippen molar-refractivity contribution < 1.29 is 14.3 Å². The molecule has 3 nitrogen and oxygen atoms in total. The Balaban J connectivity index is 1.61. The smallest absolute Gasteiger partial charge is 0.420 e. The highest BCUT2D eigenvalue weighted by atomic mass is 127. The van der Waals surface area contributed by atoms with Crippen LogP contribution in [0, 0.1) is 11.8 Å². The highest BCUT2D eigenvalue weighted by molar-refractivity contribution is 14.1. The van der Waals surface area contributed by atoms with Crippen molar-refractivity contribution in [2.45, 2.75) is 85.3 Å². The molecule has 0 aromatic carbocycles. The summed E-state index contributed by atoms with van der Waals surface area (Å²) in [5, 5.41) is 0. The van der Waals surface area contributed by atoms with Crippen molar-refractivity contribution in [1.29, 1.82) is 0 Å². The number of halogens is 2. The summed E-state index contributed by atoms with van der Waals surface area (Å²) in [6, 6.07) is 0. The Hall–Kier alpha value is 0.730. The summed E-state index contributed by atoms with van der Waals surface area (Å²) in [5.74, 6) is 1.45. The van der Waals surface area contributed by atoms with Gasteiger partial charge in [-0.1, -0.05) is 64.2 Å². The van der Waals surface area contributed by atoms with E-state index in [1.807, 2.05) is 0 Å². The lowest BCUT2D eigenvalue weighted by Gasteiger charge is -2.25. The molecule has 0 radical (unpaired) electrons. The van der Waals surface area contributed by atoms with E-state index in [0.29, 0.717) is 0 Å². The number of carbonyl (C=O) groups excluding carboxylic acids is 1. The molecule has 0 aromatic heterocycles. The van der Waals surface area contributed by atoms with Gasteiger partial charge in [0.2, 0.25) is 0 Å². The first-order valence-corrected chi connectivity index (χ1v) is 11.3. The molecule has 0 aromatic rings. The maximum absolute atomic E-state index is 11.9. The average molecular weight is 534 g/mol. The van der Waals surface area contributed by atoms with Crippen LogP contribution in [0.15, 0.2) is 0 Å². The molecule has 2 fully saturated rings. The maximum atomic E-state index is 11.9. The van der Waals surface area contributed by atoms with E-state index >= 15 is 0 Å². The molecule has 2 atom stereocenters. The second-order valence-electron chi connectivity index (χ2n) is 6.79. The van der Waals surface area contributed by atoms with Gasteiger partial charge in [0.05, 0.1) is 0 Å². The minimum atomic E-state index is -0.481. The summed E-state index contributed by atoms with van der Waals surface area (Å²) in [6.07, 6.45) is 14.7. The lowest BCUT2D eigenvalue weighted by molar-refractivity contribution is 0.0357. The van der Waals surface area contributed by atoms with Crippen molar-refractivity contribution in [2.75, 3.05) is 0 Å². The van der Waals surface area contributed by atoms with Gasteiger partial charge in [0.1, 0.15) is 0 Å². The highest BCUT2D eigenvalue weighted by Gasteiger charge is 2.23. The summed E-state index contributed by atoms with van der Waals surface area (Å²) in [6.45, 7) is 0. The zero-order valence-electron chi connectivity index (χ0n) is 13.3. The molecule has 2 unspecified atom stereocenters. The van der Waals surface area contributed by atoms with Crippen molar-refractivity contribution in [2.24, 2.45) is 11.8 Å². The van der Waals surface area contributed by atoms with Crippen molar-refractivity contribution in [3.63, 3.8) is 0 Å². The molecule has 0 heterocycles.